The minimum Gasteiger partial charge on any atom is -0.445 e. The lowest BCUT2D eigenvalue weighted by molar-refractivity contribution is -0.114. The van der Waals surface area contributed by atoms with Gasteiger partial charge < -0.3 is 35.4 Å². The van der Waals surface area contributed by atoms with E-state index in [1.165, 1.54) is 4.90 Å². The van der Waals surface area contributed by atoms with Crippen LogP contribution in [0, 0.1) is 0 Å². The summed E-state index contributed by atoms with van der Waals surface area (Å²) in [7, 11) is 0. The molecule has 8 nitrogen and oxygen atoms in total. The Balaban J connectivity index is 0.000000210. The summed E-state index contributed by atoms with van der Waals surface area (Å²) in [4.78, 5) is 13.6. The van der Waals surface area contributed by atoms with Crippen molar-refractivity contribution in [1.82, 2.24) is 10.2 Å². The normalized spacial score (nSPS) is 26.4. The number of rotatable bonds is 6. The van der Waals surface area contributed by atoms with Crippen molar-refractivity contribution in [1.29, 1.82) is 0 Å². The van der Waals surface area contributed by atoms with Gasteiger partial charge in [-0.3, -0.25) is 0 Å². The average Bonchev–Trinajstić information content (AvgIpc) is 2.97. The highest BCUT2D eigenvalue weighted by Crippen LogP contribution is 2.27. The smallest absolute Gasteiger partial charge is 0.410 e. The van der Waals surface area contributed by atoms with Crippen molar-refractivity contribution in [2.45, 2.75) is 55.7 Å². The number of piperidine rings is 2. The van der Waals surface area contributed by atoms with Gasteiger partial charge in [-0.2, -0.15) is 0 Å². The first-order chi connectivity index (χ1) is 19.3. The molecule has 2 heterocycles. The quantitative estimate of drug-likeness (QED) is 0.321. The highest BCUT2D eigenvalue weighted by atomic mass is 16.6. The van der Waals surface area contributed by atoms with Gasteiger partial charge in [0.25, 0.3) is 0 Å². The fourth-order valence-electron chi connectivity index (χ4n) is 5.15. The molecule has 3 aromatic rings. The van der Waals surface area contributed by atoms with Gasteiger partial charge in [-0.15, -0.1) is 0 Å². The number of nitrogens with zero attached hydrogens (tertiary/aromatic N) is 1. The number of carbonyl (C=O) groups is 1. The Hall–Kier alpha value is -3.27. The number of amides is 1. The maximum atomic E-state index is 12.2. The first-order valence-electron chi connectivity index (χ1n) is 13.8. The average molecular weight is 549 g/mol. The lowest BCUT2D eigenvalue weighted by Crippen LogP contribution is -2.57. The Morgan fingerprint density at radius 2 is 1.27 bits per heavy atom. The van der Waals surface area contributed by atoms with Crippen molar-refractivity contribution in [3.8, 4) is 0 Å². The van der Waals surface area contributed by atoms with E-state index in [-0.39, 0.29) is 13.2 Å². The summed E-state index contributed by atoms with van der Waals surface area (Å²) in [6.07, 6.45) is -0.354. The molecular formula is C32H40N2O6. The molecule has 0 aromatic heterocycles. The Morgan fingerprint density at radius 1 is 0.775 bits per heavy atom. The monoisotopic (exact) mass is 548 g/mol. The van der Waals surface area contributed by atoms with Crippen LogP contribution >= 0.6 is 0 Å². The zero-order chi connectivity index (χ0) is 28.4. The van der Waals surface area contributed by atoms with Crippen LogP contribution in [0.15, 0.2) is 91.0 Å². The lowest BCUT2D eigenvalue weighted by Gasteiger charge is -2.41. The van der Waals surface area contributed by atoms with Crippen LogP contribution in [0.4, 0.5) is 4.79 Å². The topological polar surface area (TPSA) is 122 Å². The molecule has 5 N–H and O–H groups in total. The van der Waals surface area contributed by atoms with E-state index in [1.807, 2.05) is 91.0 Å². The van der Waals surface area contributed by atoms with E-state index in [0.717, 1.165) is 23.2 Å². The second-order valence-electron chi connectivity index (χ2n) is 10.8. The minimum atomic E-state index is -1.22. The van der Waals surface area contributed by atoms with Crippen molar-refractivity contribution in [3.05, 3.63) is 108 Å². The number of nitrogens with one attached hydrogen (secondary N) is 1. The summed E-state index contributed by atoms with van der Waals surface area (Å²) in [5, 5.41) is 44.3. The van der Waals surface area contributed by atoms with Gasteiger partial charge >= 0.3 is 6.09 Å². The Labute approximate surface area is 235 Å². The standard InChI is InChI=1S/C20H23NO4.C12H17NO2/c22-18-14-21(19(23)25-15-17-9-5-2-6-10-17)12-11-20(18,24)13-16-7-3-1-4-8-16;14-11-9-13-7-6-12(11,15)8-10-4-2-1-3-5-10/h1-10,18,22,24H,11-15H2;1-5,11,13-15H,6-9H2/t18-,20+;11-,12+/m11/s1. The second kappa shape index (κ2) is 13.9. The van der Waals surface area contributed by atoms with Crippen molar-refractivity contribution in [2.24, 2.45) is 0 Å². The van der Waals surface area contributed by atoms with Crippen molar-refractivity contribution in [3.63, 3.8) is 0 Å². The maximum Gasteiger partial charge on any atom is 0.410 e. The molecular weight excluding hydrogens is 508 g/mol. The van der Waals surface area contributed by atoms with Gasteiger partial charge in [0.1, 0.15) is 12.7 Å². The van der Waals surface area contributed by atoms with Crippen LogP contribution in [0.25, 0.3) is 0 Å². The fraction of sp³-hybridized carbons (Fsp3) is 0.406. The van der Waals surface area contributed by atoms with Gasteiger partial charge in [0.05, 0.1) is 23.9 Å². The van der Waals surface area contributed by atoms with Gasteiger partial charge in [-0.05, 0) is 36.1 Å². The molecule has 0 bridgehead atoms. The molecule has 3 aromatic carbocycles. The largest absolute Gasteiger partial charge is 0.445 e. The molecule has 5 rings (SSSR count). The summed E-state index contributed by atoms with van der Waals surface area (Å²) in [6.45, 7) is 1.86. The number of carbonyl (C=O) groups excluding carboxylic acids is 1. The van der Waals surface area contributed by atoms with Gasteiger partial charge in [0.2, 0.25) is 0 Å². The van der Waals surface area contributed by atoms with E-state index in [0.29, 0.717) is 38.8 Å². The van der Waals surface area contributed by atoms with Crippen LogP contribution in [0.3, 0.4) is 0 Å². The third kappa shape index (κ3) is 8.13. The van der Waals surface area contributed by atoms with E-state index in [1.54, 1.807) is 0 Å². The lowest BCUT2D eigenvalue weighted by atomic mass is 9.83. The molecule has 0 aliphatic carbocycles. The number of hydrogen-bond acceptors (Lipinski definition) is 7. The van der Waals surface area contributed by atoms with Crippen molar-refractivity contribution in [2.75, 3.05) is 26.2 Å². The van der Waals surface area contributed by atoms with E-state index in [4.69, 9.17) is 4.74 Å². The molecule has 8 heteroatoms. The minimum absolute atomic E-state index is 0.0664. The molecule has 40 heavy (non-hydrogen) atoms. The van der Waals surface area contributed by atoms with Crippen LogP contribution in [0.1, 0.15) is 29.5 Å². The SMILES string of the molecule is O=C(OCc1ccccc1)N1CC[C@](O)(Cc2ccccc2)[C@H](O)C1.O[C@@H]1CNCC[C@]1(O)Cc1ccccc1. The van der Waals surface area contributed by atoms with Crippen LogP contribution < -0.4 is 5.32 Å². The van der Waals surface area contributed by atoms with Crippen LogP contribution in [0.5, 0.6) is 0 Å². The molecule has 1 amide bonds. The number of aliphatic hydroxyl groups is 4. The van der Waals surface area contributed by atoms with E-state index in [2.05, 4.69) is 5.32 Å². The third-order valence-electron chi connectivity index (χ3n) is 7.69. The highest BCUT2D eigenvalue weighted by Gasteiger charge is 2.42. The van der Waals surface area contributed by atoms with Gasteiger partial charge in [0.15, 0.2) is 0 Å². The molecule has 0 spiro atoms. The number of hydrogen-bond donors (Lipinski definition) is 5. The van der Waals surface area contributed by atoms with E-state index < -0.39 is 29.5 Å². The second-order valence-corrected chi connectivity index (χ2v) is 10.8. The zero-order valence-electron chi connectivity index (χ0n) is 22.7. The van der Waals surface area contributed by atoms with Crippen LogP contribution in [0.2, 0.25) is 0 Å². The number of ether oxygens (including phenoxy) is 1. The predicted octanol–water partition coefficient (Wildman–Crippen LogP) is 2.68. The first kappa shape index (κ1) is 29.7. The van der Waals surface area contributed by atoms with Gasteiger partial charge in [0, 0.05) is 25.9 Å². The Morgan fingerprint density at radius 3 is 1.77 bits per heavy atom. The molecule has 2 aliphatic heterocycles. The predicted molar refractivity (Wildman–Crippen MR) is 153 cm³/mol. The van der Waals surface area contributed by atoms with E-state index in [9.17, 15) is 25.2 Å². The molecule has 0 saturated carbocycles. The number of benzene rings is 3. The first-order valence-corrected chi connectivity index (χ1v) is 13.8. The van der Waals surface area contributed by atoms with Crippen molar-refractivity contribution < 1.29 is 30.0 Å². The highest BCUT2D eigenvalue weighted by molar-refractivity contribution is 5.68. The summed E-state index contributed by atoms with van der Waals surface area (Å²) < 4.78 is 5.30. The van der Waals surface area contributed by atoms with Crippen LogP contribution in [-0.4, -0.2) is 81.0 Å². The molecule has 4 atom stereocenters. The zero-order valence-corrected chi connectivity index (χ0v) is 22.7. The molecule has 2 fully saturated rings. The van der Waals surface area contributed by atoms with Gasteiger partial charge in [-0.25, -0.2) is 4.79 Å². The molecule has 0 unspecified atom stereocenters. The van der Waals surface area contributed by atoms with Gasteiger partial charge in [-0.1, -0.05) is 91.0 Å². The Bertz CT molecular complexity index is 1180. The maximum absolute atomic E-state index is 12.2. The summed E-state index contributed by atoms with van der Waals surface area (Å²) >= 11 is 0. The molecule has 2 saturated heterocycles. The summed E-state index contributed by atoms with van der Waals surface area (Å²) in [5.41, 5.74) is 0.753. The molecule has 214 valence electrons. The summed E-state index contributed by atoms with van der Waals surface area (Å²) in [5.74, 6) is 0. The fourth-order valence-corrected chi connectivity index (χ4v) is 5.15. The number of aliphatic hydroxyl groups excluding tert-OH is 2. The molecule has 2 aliphatic rings. The van der Waals surface area contributed by atoms with E-state index >= 15 is 0 Å². The van der Waals surface area contributed by atoms with Crippen LogP contribution in [-0.2, 0) is 24.2 Å². The number of β-amino-alcohol motifs (C(OH)–C–C–N with tert-alkyl or cyclic N) is 2. The van der Waals surface area contributed by atoms with Crippen molar-refractivity contribution >= 4 is 6.09 Å². The molecule has 0 radical (unpaired) electrons. The number of likely N-dealkylation sites (tertiary alicyclic amines) is 1. The summed E-state index contributed by atoms with van der Waals surface area (Å²) in [6, 6.07) is 28.8. The third-order valence-corrected chi connectivity index (χ3v) is 7.69. The Kier molecular flexibility index (Phi) is 10.3.